The van der Waals surface area contributed by atoms with Crippen molar-refractivity contribution in [3.05, 3.63) is 95.6 Å². The summed E-state index contributed by atoms with van der Waals surface area (Å²) in [6, 6.07) is 17.1. The second kappa shape index (κ2) is 9.49. The topological polar surface area (TPSA) is 75.3 Å². The fraction of sp³-hybridized carbons (Fsp3) is 0.136. The average Bonchev–Trinajstić information content (AvgIpc) is 2.74. The lowest BCUT2D eigenvalue weighted by atomic mass is 10.1. The molecule has 3 aromatic rings. The molecule has 0 aliphatic carbocycles. The highest BCUT2D eigenvalue weighted by Gasteiger charge is 2.18. The van der Waals surface area contributed by atoms with Gasteiger partial charge in [-0.25, -0.2) is 17.2 Å². The third kappa shape index (κ3) is 5.64. The number of hydrogen-bond donors (Lipinski definition) is 2. The van der Waals surface area contributed by atoms with E-state index in [-0.39, 0.29) is 22.0 Å². The highest BCUT2D eigenvalue weighted by Crippen LogP contribution is 2.19. The molecular formula is C22H20F2N2O3S. The summed E-state index contributed by atoms with van der Waals surface area (Å²) in [5.74, 6) is -1.42. The Morgan fingerprint density at radius 3 is 2.37 bits per heavy atom. The van der Waals surface area contributed by atoms with Crippen LogP contribution in [-0.4, -0.2) is 20.9 Å². The Hall–Kier alpha value is -3.26. The van der Waals surface area contributed by atoms with Gasteiger partial charge in [0.2, 0.25) is 0 Å². The van der Waals surface area contributed by atoms with Crippen LogP contribution in [0.15, 0.2) is 77.7 Å². The van der Waals surface area contributed by atoms with Crippen LogP contribution in [0.1, 0.15) is 22.3 Å². The van der Waals surface area contributed by atoms with Crippen LogP contribution in [-0.2, 0) is 16.4 Å². The van der Waals surface area contributed by atoms with E-state index in [4.69, 9.17) is 0 Å². The number of carbonyl (C=O) groups excluding carboxylic acids is 1. The van der Waals surface area contributed by atoms with Gasteiger partial charge in [0.1, 0.15) is 11.6 Å². The zero-order valence-corrected chi connectivity index (χ0v) is 16.8. The van der Waals surface area contributed by atoms with Crippen molar-refractivity contribution in [3.63, 3.8) is 0 Å². The lowest BCUT2D eigenvalue weighted by molar-refractivity contribution is 0.0953. The average molecular weight is 430 g/mol. The van der Waals surface area contributed by atoms with Crippen LogP contribution in [0.4, 0.5) is 14.5 Å². The largest absolute Gasteiger partial charge is 0.352 e. The van der Waals surface area contributed by atoms with E-state index in [2.05, 4.69) is 10.0 Å². The molecule has 3 rings (SSSR count). The summed E-state index contributed by atoms with van der Waals surface area (Å²) < 4.78 is 53.9. The molecular weight excluding hydrogens is 410 g/mol. The van der Waals surface area contributed by atoms with Gasteiger partial charge < -0.3 is 5.32 Å². The molecule has 0 aromatic heterocycles. The molecule has 5 nitrogen and oxygen atoms in total. The summed E-state index contributed by atoms with van der Waals surface area (Å²) in [7, 11) is -4.06. The van der Waals surface area contributed by atoms with Crippen molar-refractivity contribution in [2.45, 2.75) is 17.7 Å². The summed E-state index contributed by atoms with van der Waals surface area (Å²) in [6.45, 7) is 0.376. The Morgan fingerprint density at radius 2 is 1.63 bits per heavy atom. The van der Waals surface area contributed by atoms with Crippen LogP contribution in [0, 0.1) is 11.6 Å². The van der Waals surface area contributed by atoms with Crippen LogP contribution in [0.2, 0.25) is 0 Å². The maximum absolute atomic E-state index is 13.7. The quantitative estimate of drug-likeness (QED) is 0.528. The van der Waals surface area contributed by atoms with E-state index in [0.717, 1.165) is 11.6 Å². The Balaban J connectivity index is 1.60. The van der Waals surface area contributed by atoms with Gasteiger partial charge in [0.15, 0.2) is 0 Å². The van der Waals surface area contributed by atoms with Gasteiger partial charge in [0.25, 0.3) is 15.9 Å². The molecule has 0 bridgehead atoms. The Morgan fingerprint density at radius 1 is 0.900 bits per heavy atom. The summed E-state index contributed by atoms with van der Waals surface area (Å²) in [5, 5.41) is 2.73. The van der Waals surface area contributed by atoms with E-state index in [1.165, 1.54) is 54.6 Å². The van der Waals surface area contributed by atoms with E-state index in [1.54, 1.807) is 12.1 Å². The van der Waals surface area contributed by atoms with Crippen molar-refractivity contribution in [1.29, 1.82) is 0 Å². The first kappa shape index (κ1) is 21.4. The van der Waals surface area contributed by atoms with E-state index in [1.807, 2.05) is 0 Å². The molecule has 0 unspecified atom stereocenters. The van der Waals surface area contributed by atoms with Gasteiger partial charge in [0, 0.05) is 12.1 Å². The number of benzene rings is 3. The molecule has 0 atom stereocenters. The number of nitrogens with one attached hydrogen (secondary N) is 2. The molecule has 0 radical (unpaired) electrons. The van der Waals surface area contributed by atoms with Gasteiger partial charge in [-0.15, -0.1) is 0 Å². The number of rotatable bonds is 8. The second-order valence-corrected chi connectivity index (χ2v) is 8.28. The zero-order chi connectivity index (χ0) is 21.6. The lowest BCUT2D eigenvalue weighted by Gasteiger charge is -2.10. The Kier molecular flexibility index (Phi) is 6.79. The molecule has 30 heavy (non-hydrogen) atoms. The minimum absolute atomic E-state index is 0.148. The highest BCUT2D eigenvalue weighted by molar-refractivity contribution is 7.92. The molecule has 156 valence electrons. The Bertz CT molecular complexity index is 1130. The minimum Gasteiger partial charge on any atom is -0.352 e. The third-order valence-electron chi connectivity index (χ3n) is 4.37. The monoisotopic (exact) mass is 430 g/mol. The molecule has 0 heterocycles. The highest BCUT2D eigenvalue weighted by atomic mass is 32.2. The molecule has 0 spiro atoms. The van der Waals surface area contributed by atoms with Crippen LogP contribution in [0.5, 0.6) is 0 Å². The van der Waals surface area contributed by atoms with Crippen molar-refractivity contribution < 1.29 is 22.0 Å². The number of hydrogen-bond acceptors (Lipinski definition) is 3. The predicted octanol–water partition coefficient (Wildman–Crippen LogP) is 4.13. The van der Waals surface area contributed by atoms with Gasteiger partial charge >= 0.3 is 0 Å². The van der Waals surface area contributed by atoms with Crippen molar-refractivity contribution >= 4 is 21.6 Å². The van der Waals surface area contributed by atoms with Crippen molar-refractivity contribution in [3.8, 4) is 0 Å². The number of sulfonamides is 1. The maximum Gasteiger partial charge on any atom is 0.262 e. The summed E-state index contributed by atoms with van der Waals surface area (Å²) >= 11 is 0. The number of carbonyl (C=O) groups is 1. The van der Waals surface area contributed by atoms with Crippen molar-refractivity contribution in [2.75, 3.05) is 11.3 Å². The predicted molar refractivity (Wildman–Crippen MR) is 111 cm³/mol. The fourth-order valence-corrected chi connectivity index (χ4v) is 3.91. The molecule has 0 saturated carbocycles. The fourth-order valence-electron chi connectivity index (χ4n) is 2.80. The van der Waals surface area contributed by atoms with Crippen LogP contribution in [0.3, 0.4) is 0 Å². The number of amides is 1. The number of para-hydroxylation sites is 1. The molecule has 0 aliphatic heterocycles. The van der Waals surface area contributed by atoms with Gasteiger partial charge in [0.05, 0.1) is 10.6 Å². The molecule has 2 N–H and O–H groups in total. The van der Waals surface area contributed by atoms with E-state index < -0.39 is 21.7 Å². The van der Waals surface area contributed by atoms with E-state index in [9.17, 15) is 22.0 Å². The standard InChI is InChI=1S/C22H20F2N2O3S/c23-18-12-10-16(11-13-18)5-4-14-25-22(27)17-6-3-7-19(15-17)30(28,29)26-21-9-2-1-8-20(21)24/h1-3,6-13,15,26H,4-5,14H2,(H,25,27). The van der Waals surface area contributed by atoms with Gasteiger partial charge in [-0.2, -0.15) is 0 Å². The summed E-state index contributed by atoms with van der Waals surface area (Å²) in [6.07, 6.45) is 1.31. The van der Waals surface area contributed by atoms with E-state index in [0.29, 0.717) is 19.4 Å². The minimum atomic E-state index is -4.06. The van der Waals surface area contributed by atoms with Crippen LogP contribution in [0.25, 0.3) is 0 Å². The lowest BCUT2D eigenvalue weighted by Crippen LogP contribution is -2.25. The smallest absolute Gasteiger partial charge is 0.262 e. The normalized spacial score (nSPS) is 11.1. The van der Waals surface area contributed by atoms with Gasteiger partial charge in [-0.1, -0.05) is 30.3 Å². The molecule has 0 saturated heterocycles. The maximum atomic E-state index is 13.7. The van der Waals surface area contributed by atoms with Crippen molar-refractivity contribution in [1.82, 2.24) is 5.32 Å². The third-order valence-corrected chi connectivity index (χ3v) is 5.73. The Labute approximate surface area is 173 Å². The number of aryl methyl sites for hydroxylation is 1. The first-order valence-electron chi connectivity index (χ1n) is 9.25. The zero-order valence-electron chi connectivity index (χ0n) is 15.9. The molecule has 1 amide bonds. The number of halogens is 2. The SMILES string of the molecule is O=C(NCCCc1ccc(F)cc1)c1cccc(S(=O)(=O)Nc2ccccc2F)c1. The second-order valence-electron chi connectivity index (χ2n) is 6.60. The van der Waals surface area contributed by atoms with Crippen LogP contribution >= 0.6 is 0 Å². The molecule has 0 aliphatic rings. The molecule has 0 fully saturated rings. The summed E-state index contributed by atoms with van der Waals surface area (Å²) in [5.41, 5.74) is 0.958. The van der Waals surface area contributed by atoms with Gasteiger partial charge in [-0.05, 0) is 60.9 Å². The van der Waals surface area contributed by atoms with Gasteiger partial charge in [-0.3, -0.25) is 9.52 Å². The first-order valence-corrected chi connectivity index (χ1v) is 10.7. The molecule has 8 heteroatoms. The first-order chi connectivity index (χ1) is 14.3. The van der Waals surface area contributed by atoms with Crippen LogP contribution < -0.4 is 10.0 Å². The van der Waals surface area contributed by atoms with E-state index >= 15 is 0 Å². The number of anilines is 1. The summed E-state index contributed by atoms with van der Waals surface area (Å²) in [4.78, 5) is 12.2. The molecule has 3 aromatic carbocycles. The van der Waals surface area contributed by atoms with Crippen molar-refractivity contribution in [2.24, 2.45) is 0 Å².